The molecule has 172 valence electrons. The highest BCUT2D eigenvalue weighted by Gasteiger charge is 2.47. The van der Waals surface area contributed by atoms with Crippen molar-refractivity contribution in [1.82, 2.24) is 0 Å². The van der Waals surface area contributed by atoms with E-state index in [1.165, 1.54) is 0 Å². The molecule has 0 spiro atoms. The Hall–Kier alpha value is -0.630. The Morgan fingerprint density at radius 1 is 0.867 bits per heavy atom. The summed E-state index contributed by atoms with van der Waals surface area (Å²) in [6.07, 6.45) is 4.16. The van der Waals surface area contributed by atoms with Crippen LogP contribution in [-0.4, -0.2) is 61.4 Å². The molecule has 1 aliphatic heterocycles. The predicted molar refractivity (Wildman–Crippen MR) is 122 cm³/mol. The molecular formula is C24H40O5S. The normalized spacial score (nSPS) is 26.7. The first-order valence-corrected chi connectivity index (χ1v) is 12.4. The second-order valence-corrected chi connectivity index (χ2v) is 8.94. The van der Waals surface area contributed by atoms with Crippen LogP contribution in [0.3, 0.4) is 0 Å². The third kappa shape index (κ3) is 8.48. The highest BCUT2D eigenvalue weighted by atomic mass is 32.2. The topological polar surface area (TPSA) is 57.2 Å². The van der Waals surface area contributed by atoms with Crippen LogP contribution in [0.15, 0.2) is 35.2 Å². The molecule has 1 fully saturated rings. The Morgan fingerprint density at radius 3 is 2.10 bits per heavy atom. The Balaban J connectivity index is 2.15. The van der Waals surface area contributed by atoms with E-state index in [1.807, 2.05) is 18.2 Å². The van der Waals surface area contributed by atoms with Gasteiger partial charge in [0.1, 0.15) is 29.9 Å². The van der Waals surface area contributed by atoms with Gasteiger partial charge in [0.05, 0.1) is 6.61 Å². The number of benzene rings is 1. The Labute approximate surface area is 186 Å². The van der Waals surface area contributed by atoms with Crippen molar-refractivity contribution in [2.45, 2.75) is 94.0 Å². The average Bonchev–Trinajstić information content (AvgIpc) is 2.76. The van der Waals surface area contributed by atoms with Crippen LogP contribution >= 0.6 is 11.8 Å². The Kier molecular flexibility index (Phi) is 13.0. The number of hydrogen-bond donors (Lipinski definition) is 1. The van der Waals surface area contributed by atoms with Gasteiger partial charge in [0, 0.05) is 24.7 Å². The summed E-state index contributed by atoms with van der Waals surface area (Å²) in [7, 11) is 0. The van der Waals surface area contributed by atoms with E-state index in [4.69, 9.17) is 18.9 Å². The molecule has 0 bridgehead atoms. The molecule has 2 unspecified atom stereocenters. The van der Waals surface area contributed by atoms with Crippen molar-refractivity contribution in [2.24, 2.45) is 0 Å². The van der Waals surface area contributed by atoms with Crippen molar-refractivity contribution in [3.63, 3.8) is 0 Å². The maximum Gasteiger partial charge on any atom is 0.137 e. The molecule has 1 aromatic carbocycles. The molecule has 0 aromatic heterocycles. The van der Waals surface area contributed by atoms with Crippen molar-refractivity contribution in [3.8, 4) is 0 Å². The molecule has 30 heavy (non-hydrogen) atoms. The molecule has 0 aliphatic carbocycles. The summed E-state index contributed by atoms with van der Waals surface area (Å²) >= 11 is 1.63. The van der Waals surface area contributed by atoms with Crippen molar-refractivity contribution in [2.75, 3.05) is 26.4 Å². The van der Waals surface area contributed by atoms with Crippen LogP contribution in [0.25, 0.3) is 0 Å². The largest absolute Gasteiger partial charge is 0.387 e. The zero-order chi connectivity index (χ0) is 21.6. The van der Waals surface area contributed by atoms with E-state index in [2.05, 4.69) is 32.9 Å². The van der Waals surface area contributed by atoms with Gasteiger partial charge in [0.15, 0.2) is 0 Å². The van der Waals surface area contributed by atoms with Crippen LogP contribution in [0.2, 0.25) is 0 Å². The molecule has 6 heteroatoms. The summed E-state index contributed by atoms with van der Waals surface area (Å²) in [5.41, 5.74) is -0.265. The fourth-order valence-electron chi connectivity index (χ4n) is 3.30. The van der Waals surface area contributed by atoms with E-state index in [9.17, 15) is 5.11 Å². The highest BCUT2D eigenvalue weighted by Crippen LogP contribution is 2.36. The van der Waals surface area contributed by atoms with Crippen LogP contribution in [0, 0.1) is 0 Å². The lowest BCUT2D eigenvalue weighted by Crippen LogP contribution is -2.59. The van der Waals surface area contributed by atoms with Crippen molar-refractivity contribution < 1.29 is 24.1 Å². The van der Waals surface area contributed by atoms with Crippen molar-refractivity contribution in [1.29, 1.82) is 0 Å². The van der Waals surface area contributed by atoms with E-state index in [1.54, 1.807) is 11.8 Å². The summed E-state index contributed by atoms with van der Waals surface area (Å²) in [5, 5.41) is 11.1. The van der Waals surface area contributed by atoms with Crippen molar-refractivity contribution in [3.05, 3.63) is 30.3 Å². The minimum atomic E-state index is -0.775. The van der Waals surface area contributed by atoms with Crippen LogP contribution < -0.4 is 0 Å². The Morgan fingerprint density at radius 2 is 1.47 bits per heavy atom. The standard InChI is InChI=1S/C24H40O5S/c1-4-7-15-26-18-20-21(25)22(27-16-8-5-2)23(28-17-9-6-3)24(29-20)30-19-13-11-10-12-14-19/h10-14,20-25H,4-9,15-18H2,1-3H3/t20?,21-,22?,23-,24-/m0/s1. The van der Waals surface area contributed by atoms with Gasteiger partial charge in [-0.15, -0.1) is 0 Å². The zero-order valence-electron chi connectivity index (χ0n) is 18.8. The maximum absolute atomic E-state index is 11.1. The third-order valence-electron chi connectivity index (χ3n) is 5.15. The number of aliphatic hydroxyl groups excluding tert-OH is 1. The highest BCUT2D eigenvalue weighted by molar-refractivity contribution is 7.99. The molecule has 1 N–H and O–H groups in total. The summed E-state index contributed by atoms with van der Waals surface area (Å²) in [6.45, 7) is 8.70. The molecule has 2 rings (SSSR count). The number of hydrogen-bond acceptors (Lipinski definition) is 6. The lowest BCUT2D eigenvalue weighted by molar-refractivity contribution is -0.235. The first kappa shape index (κ1) is 25.6. The van der Waals surface area contributed by atoms with E-state index >= 15 is 0 Å². The van der Waals surface area contributed by atoms with Gasteiger partial charge in [-0.2, -0.15) is 0 Å². The number of thioether (sulfide) groups is 1. The van der Waals surface area contributed by atoms with E-state index in [0.29, 0.717) is 26.4 Å². The lowest BCUT2D eigenvalue weighted by Gasteiger charge is -2.44. The van der Waals surface area contributed by atoms with Gasteiger partial charge in [-0.05, 0) is 31.4 Å². The van der Waals surface area contributed by atoms with E-state index < -0.39 is 18.3 Å². The molecule has 0 saturated carbocycles. The van der Waals surface area contributed by atoms with Crippen molar-refractivity contribution >= 4 is 11.8 Å². The van der Waals surface area contributed by atoms with Crippen LogP contribution in [0.4, 0.5) is 0 Å². The first-order valence-electron chi connectivity index (χ1n) is 11.6. The van der Waals surface area contributed by atoms with Gasteiger partial charge in [-0.25, -0.2) is 0 Å². The fraction of sp³-hybridized carbons (Fsp3) is 0.750. The molecule has 1 heterocycles. The van der Waals surface area contributed by atoms with Gasteiger partial charge >= 0.3 is 0 Å². The SMILES string of the molecule is CCCCOCC1O[C@@H](Sc2ccccc2)[C@@H](OCCCC)C(OCCCC)[C@H]1O. The minimum Gasteiger partial charge on any atom is -0.387 e. The quantitative estimate of drug-likeness (QED) is 0.385. The lowest BCUT2D eigenvalue weighted by atomic mass is 9.99. The van der Waals surface area contributed by atoms with E-state index in [-0.39, 0.29) is 11.5 Å². The maximum atomic E-state index is 11.1. The van der Waals surface area contributed by atoms with Gasteiger partial charge in [-0.3, -0.25) is 0 Å². The van der Waals surface area contributed by atoms with Gasteiger partial charge in [0.2, 0.25) is 0 Å². The number of unbranched alkanes of at least 4 members (excludes halogenated alkanes) is 3. The van der Waals surface area contributed by atoms with Crippen LogP contribution in [0.1, 0.15) is 59.3 Å². The van der Waals surface area contributed by atoms with E-state index in [0.717, 1.165) is 43.4 Å². The molecule has 0 amide bonds. The summed E-state index contributed by atoms with van der Waals surface area (Å²) < 4.78 is 24.6. The summed E-state index contributed by atoms with van der Waals surface area (Å²) in [4.78, 5) is 1.11. The minimum absolute atomic E-state index is 0.265. The molecule has 0 radical (unpaired) electrons. The van der Waals surface area contributed by atoms with Crippen LogP contribution in [0.5, 0.6) is 0 Å². The molecule has 1 aromatic rings. The van der Waals surface area contributed by atoms with Gasteiger partial charge < -0.3 is 24.1 Å². The molecule has 5 nitrogen and oxygen atoms in total. The number of ether oxygens (including phenoxy) is 4. The second-order valence-electron chi connectivity index (χ2n) is 7.77. The first-order chi connectivity index (χ1) is 14.7. The predicted octanol–water partition coefficient (Wildman–Crippen LogP) is 5.05. The molecule has 5 atom stereocenters. The smallest absolute Gasteiger partial charge is 0.137 e. The molecular weight excluding hydrogens is 400 g/mol. The summed E-state index contributed by atoms with van der Waals surface area (Å²) in [5.74, 6) is 0. The summed E-state index contributed by atoms with van der Waals surface area (Å²) in [6, 6.07) is 10.2. The monoisotopic (exact) mass is 440 g/mol. The number of aliphatic hydroxyl groups is 1. The third-order valence-corrected chi connectivity index (χ3v) is 6.31. The number of rotatable bonds is 15. The second kappa shape index (κ2) is 15.2. The molecule has 1 saturated heterocycles. The van der Waals surface area contributed by atoms with Gasteiger partial charge in [-0.1, -0.05) is 70.0 Å². The van der Waals surface area contributed by atoms with Crippen LogP contribution in [-0.2, 0) is 18.9 Å². The molecule has 1 aliphatic rings. The zero-order valence-corrected chi connectivity index (χ0v) is 19.6. The Bertz CT molecular complexity index is 544. The van der Waals surface area contributed by atoms with Gasteiger partial charge in [0.25, 0.3) is 0 Å². The fourth-order valence-corrected chi connectivity index (χ4v) is 4.45. The average molecular weight is 441 g/mol.